The summed E-state index contributed by atoms with van der Waals surface area (Å²) in [5.41, 5.74) is -0.618. The van der Waals surface area contributed by atoms with Gasteiger partial charge in [-0.3, -0.25) is 14.9 Å². The monoisotopic (exact) mass is 311 g/mol. The molecule has 0 spiro atoms. The standard InChI is InChI=1S/C15H21NO6/c1-15(2,3)22-14(17)6-5-7-21-13-9-11(16(18)19)8-12(10-13)20-4/h8-10H,5-7H2,1-4H3. The second-order valence-corrected chi connectivity index (χ2v) is 5.66. The molecule has 1 aromatic rings. The lowest BCUT2D eigenvalue weighted by atomic mass is 10.2. The molecule has 1 aromatic carbocycles. The van der Waals surface area contributed by atoms with Gasteiger partial charge in [-0.25, -0.2) is 0 Å². The minimum absolute atomic E-state index is 0.110. The third-order valence-corrected chi connectivity index (χ3v) is 2.53. The highest BCUT2D eigenvalue weighted by molar-refractivity contribution is 5.69. The van der Waals surface area contributed by atoms with Crippen LogP contribution in [0, 0.1) is 10.1 Å². The molecule has 0 aliphatic heterocycles. The molecule has 1 rings (SSSR count). The summed E-state index contributed by atoms with van der Waals surface area (Å²) < 4.78 is 15.6. The van der Waals surface area contributed by atoms with Crippen molar-refractivity contribution in [1.82, 2.24) is 0 Å². The second kappa shape index (κ2) is 7.63. The van der Waals surface area contributed by atoms with Gasteiger partial charge in [-0.05, 0) is 27.2 Å². The molecule has 7 nitrogen and oxygen atoms in total. The normalized spacial score (nSPS) is 10.9. The van der Waals surface area contributed by atoms with E-state index in [0.717, 1.165) is 0 Å². The van der Waals surface area contributed by atoms with Crippen LogP contribution in [0.1, 0.15) is 33.6 Å². The van der Waals surface area contributed by atoms with Crippen molar-refractivity contribution < 1.29 is 23.9 Å². The fraction of sp³-hybridized carbons (Fsp3) is 0.533. The van der Waals surface area contributed by atoms with Crippen LogP contribution in [0.25, 0.3) is 0 Å². The minimum atomic E-state index is -0.518. The number of esters is 1. The molecule has 0 amide bonds. The summed E-state index contributed by atoms with van der Waals surface area (Å²) in [7, 11) is 1.42. The minimum Gasteiger partial charge on any atom is -0.496 e. The van der Waals surface area contributed by atoms with Gasteiger partial charge in [0.25, 0.3) is 5.69 Å². The van der Waals surface area contributed by atoms with Gasteiger partial charge in [-0.15, -0.1) is 0 Å². The molecule has 0 radical (unpaired) electrons. The van der Waals surface area contributed by atoms with Crippen molar-refractivity contribution in [3.05, 3.63) is 28.3 Å². The molecule has 0 aliphatic carbocycles. The number of ether oxygens (including phenoxy) is 3. The lowest BCUT2D eigenvalue weighted by Gasteiger charge is -2.19. The quantitative estimate of drug-likeness (QED) is 0.333. The van der Waals surface area contributed by atoms with Crippen molar-refractivity contribution in [1.29, 1.82) is 0 Å². The molecule has 22 heavy (non-hydrogen) atoms. The maximum absolute atomic E-state index is 11.5. The Labute approximate surface area is 129 Å². The number of benzene rings is 1. The lowest BCUT2D eigenvalue weighted by Crippen LogP contribution is -2.23. The smallest absolute Gasteiger partial charge is 0.306 e. The van der Waals surface area contributed by atoms with Crippen LogP contribution >= 0.6 is 0 Å². The number of hydrogen-bond donors (Lipinski definition) is 0. The van der Waals surface area contributed by atoms with Crippen molar-refractivity contribution in [3.8, 4) is 11.5 Å². The Morgan fingerprint density at radius 3 is 2.41 bits per heavy atom. The molecule has 0 atom stereocenters. The number of hydrogen-bond acceptors (Lipinski definition) is 6. The van der Waals surface area contributed by atoms with Gasteiger partial charge in [0.15, 0.2) is 0 Å². The van der Waals surface area contributed by atoms with Crippen LogP contribution in [-0.2, 0) is 9.53 Å². The zero-order chi connectivity index (χ0) is 16.8. The van der Waals surface area contributed by atoms with E-state index in [0.29, 0.717) is 17.9 Å². The van der Waals surface area contributed by atoms with Crippen molar-refractivity contribution in [3.63, 3.8) is 0 Å². The van der Waals surface area contributed by atoms with Gasteiger partial charge in [-0.2, -0.15) is 0 Å². The average Bonchev–Trinajstić information content (AvgIpc) is 2.41. The molecule has 0 bridgehead atoms. The summed E-state index contributed by atoms with van der Waals surface area (Å²) in [5, 5.41) is 10.8. The largest absolute Gasteiger partial charge is 0.496 e. The van der Waals surface area contributed by atoms with Gasteiger partial charge in [0, 0.05) is 12.5 Å². The molecule has 0 saturated heterocycles. The number of rotatable bonds is 7. The van der Waals surface area contributed by atoms with Crippen LogP contribution < -0.4 is 9.47 Å². The van der Waals surface area contributed by atoms with E-state index in [1.165, 1.54) is 19.2 Å². The summed E-state index contributed by atoms with van der Waals surface area (Å²) in [6.07, 6.45) is 0.684. The van der Waals surface area contributed by atoms with Crippen LogP contribution in [-0.4, -0.2) is 30.2 Å². The second-order valence-electron chi connectivity index (χ2n) is 5.66. The van der Waals surface area contributed by atoms with Crippen LogP contribution in [0.4, 0.5) is 5.69 Å². The maximum atomic E-state index is 11.5. The third kappa shape index (κ3) is 6.43. The third-order valence-electron chi connectivity index (χ3n) is 2.53. The fourth-order valence-corrected chi connectivity index (χ4v) is 1.66. The summed E-state index contributed by atoms with van der Waals surface area (Å²) in [6, 6.07) is 4.18. The van der Waals surface area contributed by atoms with E-state index in [1.807, 2.05) is 0 Å². The number of methoxy groups -OCH3 is 1. The molecular weight excluding hydrogens is 290 g/mol. The predicted molar refractivity (Wildman–Crippen MR) is 80.2 cm³/mol. The zero-order valence-electron chi connectivity index (χ0n) is 13.3. The number of carbonyl (C=O) groups excluding carboxylic acids is 1. The molecule has 0 heterocycles. The Morgan fingerprint density at radius 1 is 1.23 bits per heavy atom. The Hall–Kier alpha value is -2.31. The summed E-state index contributed by atoms with van der Waals surface area (Å²) >= 11 is 0. The van der Waals surface area contributed by atoms with E-state index in [2.05, 4.69) is 0 Å². The van der Waals surface area contributed by atoms with E-state index < -0.39 is 10.5 Å². The van der Waals surface area contributed by atoms with Gasteiger partial charge in [0.2, 0.25) is 0 Å². The first-order valence-electron chi connectivity index (χ1n) is 6.89. The Kier molecular flexibility index (Phi) is 6.15. The fourth-order valence-electron chi connectivity index (χ4n) is 1.66. The molecule has 0 fully saturated rings. The van der Waals surface area contributed by atoms with Gasteiger partial charge >= 0.3 is 5.97 Å². The lowest BCUT2D eigenvalue weighted by molar-refractivity contribution is -0.385. The Morgan fingerprint density at radius 2 is 1.86 bits per heavy atom. The first kappa shape index (κ1) is 17.7. The first-order chi connectivity index (χ1) is 10.2. The van der Waals surface area contributed by atoms with Gasteiger partial charge in [0.05, 0.1) is 30.8 Å². The SMILES string of the molecule is COc1cc(OCCCC(=O)OC(C)(C)C)cc([N+](=O)[O-])c1. The number of nitro benzene ring substituents is 1. The highest BCUT2D eigenvalue weighted by Gasteiger charge is 2.16. The van der Waals surface area contributed by atoms with E-state index in [1.54, 1.807) is 26.8 Å². The molecule has 122 valence electrons. The topological polar surface area (TPSA) is 87.9 Å². The molecule has 0 saturated carbocycles. The zero-order valence-corrected chi connectivity index (χ0v) is 13.3. The van der Waals surface area contributed by atoms with E-state index in [9.17, 15) is 14.9 Å². The summed E-state index contributed by atoms with van der Waals surface area (Å²) in [4.78, 5) is 21.8. The highest BCUT2D eigenvalue weighted by Crippen LogP contribution is 2.27. The van der Waals surface area contributed by atoms with Crippen LogP contribution in [0.5, 0.6) is 11.5 Å². The maximum Gasteiger partial charge on any atom is 0.306 e. The van der Waals surface area contributed by atoms with E-state index in [4.69, 9.17) is 14.2 Å². The van der Waals surface area contributed by atoms with Crippen molar-refractivity contribution in [2.75, 3.05) is 13.7 Å². The van der Waals surface area contributed by atoms with E-state index in [-0.39, 0.29) is 24.7 Å². The average molecular weight is 311 g/mol. The molecular formula is C15H21NO6. The number of nitro groups is 1. The summed E-state index contributed by atoms with van der Waals surface area (Å²) in [6.45, 7) is 5.66. The molecule has 0 N–H and O–H groups in total. The van der Waals surface area contributed by atoms with Crippen molar-refractivity contribution in [2.24, 2.45) is 0 Å². The molecule has 0 aliphatic rings. The number of carbonyl (C=O) groups is 1. The van der Waals surface area contributed by atoms with Gasteiger partial charge in [-0.1, -0.05) is 0 Å². The van der Waals surface area contributed by atoms with Crippen LogP contribution in [0.15, 0.2) is 18.2 Å². The molecule has 0 unspecified atom stereocenters. The van der Waals surface area contributed by atoms with Gasteiger partial charge < -0.3 is 14.2 Å². The molecule has 7 heteroatoms. The molecule has 0 aromatic heterocycles. The number of nitrogens with zero attached hydrogens (tertiary/aromatic N) is 1. The van der Waals surface area contributed by atoms with Crippen LogP contribution in [0.3, 0.4) is 0 Å². The first-order valence-corrected chi connectivity index (χ1v) is 6.89. The Bertz CT molecular complexity index is 535. The van der Waals surface area contributed by atoms with Crippen LogP contribution in [0.2, 0.25) is 0 Å². The number of non-ortho nitro benzene ring substituents is 1. The summed E-state index contributed by atoms with van der Waals surface area (Å²) in [5.74, 6) is 0.374. The highest BCUT2D eigenvalue weighted by atomic mass is 16.6. The Balaban J connectivity index is 2.50. The predicted octanol–water partition coefficient (Wildman–Crippen LogP) is 3.10. The van der Waals surface area contributed by atoms with Gasteiger partial charge in [0.1, 0.15) is 17.1 Å². The van der Waals surface area contributed by atoms with Crippen molar-refractivity contribution in [2.45, 2.75) is 39.2 Å². The van der Waals surface area contributed by atoms with E-state index >= 15 is 0 Å². The van der Waals surface area contributed by atoms with Crippen molar-refractivity contribution >= 4 is 11.7 Å².